The van der Waals surface area contributed by atoms with Crippen molar-refractivity contribution in [1.82, 2.24) is 0 Å². The number of carbonyl (C=O) groups is 2. The molecular weight excluding hydrogens is 300 g/mol. The molecule has 0 saturated carbocycles. The highest BCUT2D eigenvalue weighted by atomic mass is 16.6. The molecule has 1 heterocycles. The smallest absolute Gasteiger partial charge is 0.307 e. The Morgan fingerprint density at radius 2 is 1.83 bits per heavy atom. The van der Waals surface area contributed by atoms with Crippen LogP contribution in [0.2, 0.25) is 0 Å². The summed E-state index contributed by atoms with van der Waals surface area (Å²) in [5.41, 5.74) is 0.954. The van der Waals surface area contributed by atoms with E-state index in [-0.39, 0.29) is 12.4 Å². The highest BCUT2D eigenvalue weighted by Crippen LogP contribution is 2.26. The van der Waals surface area contributed by atoms with Crippen LogP contribution in [0.25, 0.3) is 0 Å². The zero-order valence-corrected chi connectivity index (χ0v) is 13.4. The summed E-state index contributed by atoms with van der Waals surface area (Å²) in [7, 11) is 0. The van der Waals surface area contributed by atoms with Crippen molar-refractivity contribution in [3.8, 4) is 0 Å². The first-order valence-electron chi connectivity index (χ1n) is 7.34. The second-order valence-corrected chi connectivity index (χ2v) is 5.25. The summed E-state index contributed by atoms with van der Waals surface area (Å²) in [5, 5.41) is 0. The SMILES string of the molecule is CC(=O)OC1=CO[C@@H](C)[C@H](OC(C)=O)[C@H]1OCc1ccccc1. The molecular formula is C17H20O6. The van der Waals surface area contributed by atoms with Crippen LogP contribution in [-0.4, -0.2) is 30.3 Å². The van der Waals surface area contributed by atoms with Gasteiger partial charge in [-0.15, -0.1) is 0 Å². The van der Waals surface area contributed by atoms with Gasteiger partial charge in [0.25, 0.3) is 0 Å². The van der Waals surface area contributed by atoms with Crippen molar-refractivity contribution >= 4 is 11.9 Å². The summed E-state index contributed by atoms with van der Waals surface area (Å²) >= 11 is 0. The Morgan fingerprint density at radius 1 is 1.13 bits per heavy atom. The fourth-order valence-electron chi connectivity index (χ4n) is 2.26. The Hall–Kier alpha value is -2.34. The van der Waals surface area contributed by atoms with Crippen molar-refractivity contribution in [3.05, 3.63) is 47.9 Å². The van der Waals surface area contributed by atoms with Gasteiger partial charge in [-0.1, -0.05) is 30.3 Å². The van der Waals surface area contributed by atoms with Gasteiger partial charge in [0.1, 0.15) is 12.4 Å². The zero-order chi connectivity index (χ0) is 16.8. The molecule has 1 aromatic rings. The number of carbonyl (C=O) groups excluding carboxylic acids is 2. The molecule has 1 aliphatic rings. The summed E-state index contributed by atoms with van der Waals surface area (Å²) in [4.78, 5) is 22.6. The monoisotopic (exact) mass is 320 g/mol. The lowest BCUT2D eigenvalue weighted by Gasteiger charge is -2.34. The Bertz CT molecular complexity index is 580. The molecule has 23 heavy (non-hydrogen) atoms. The minimum atomic E-state index is -0.716. The van der Waals surface area contributed by atoms with Crippen LogP contribution in [0.15, 0.2) is 42.4 Å². The molecule has 1 aliphatic heterocycles. The van der Waals surface area contributed by atoms with E-state index in [9.17, 15) is 9.59 Å². The highest BCUT2D eigenvalue weighted by molar-refractivity contribution is 5.68. The molecule has 1 aromatic carbocycles. The first kappa shape index (κ1) is 17.0. The van der Waals surface area contributed by atoms with Crippen molar-refractivity contribution in [2.24, 2.45) is 0 Å². The summed E-state index contributed by atoms with van der Waals surface area (Å²) < 4.78 is 21.7. The number of benzene rings is 1. The molecule has 0 radical (unpaired) electrons. The van der Waals surface area contributed by atoms with E-state index in [0.29, 0.717) is 0 Å². The molecule has 0 saturated heterocycles. The topological polar surface area (TPSA) is 71.1 Å². The molecule has 2 rings (SSSR count). The molecule has 0 N–H and O–H groups in total. The van der Waals surface area contributed by atoms with Crippen LogP contribution in [0.4, 0.5) is 0 Å². The van der Waals surface area contributed by atoms with Crippen LogP contribution < -0.4 is 0 Å². The fraction of sp³-hybridized carbons (Fsp3) is 0.412. The predicted octanol–water partition coefficient (Wildman–Crippen LogP) is 2.33. The van der Waals surface area contributed by atoms with E-state index in [2.05, 4.69) is 0 Å². The first-order valence-corrected chi connectivity index (χ1v) is 7.34. The number of hydrogen-bond donors (Lipinski definition) is 0. The third-order valence-corrected chi connectivity index (χ3v) is 3.28. The Labute approximate surface area is 135 Å². The van der Waals surface area contributed by atoms with Crippen molar-refractivity contribution in [3.63, 3.8) is 0 Å². The third kappa shape index (κ3) is 4.82. The largest absolute Gasteiger partial charge is 0.491 e. The minimum absolute atomic E-state index is 0.192. The van der Waals surface area contributed by atoms with E-state index < -0.39 is 30.3 Å². The lowest BCUT2D eigenvalue weighted by molar-refractivity contribution is -0.174. The second-order valence-electron chi connectivity index (χ2n) is 5.25. The van der Waals surface area contributed by atoms with Crippen LogP contribution in [-0.2, 0) is 35.1 Å². The predicted molar refractivity (Wildman–Crippen MR) is 81.0 cm³/mol. The lowest BCUT2D eigenvalue weighted by atomic mass is 10.0. The minimum Gasteiger partial charge on any atom is -0.491 e. The van der Waals surface area contributed by atoms with Gasteiger partial charge in [0.05, 0.1) is 6.61 Å². The van der Waals surface area contributed by atoms with Crippen LogP contribution in [0.1, 0.15) is 26.3 Å². The molecule has 0 aliphatic carbocycles. The number of ether oxygens (including phenoxy) is 4. The summed E-state index contributed by atoms with van der Waals surface area (Å²) in [5.74, 6) is -0.759. The fourth-order valence-corrected chi connectivity index (χ4v) is 2.26. The molecule has 0 amide bonds. The van der Waals surface area contributed by atoms with Gasteiger partial charge in [0.15, 0.2) is 18.0 Å². The van der Waals surface area contributed by atoms with Gasteiger partial charge < -0.3 is 18.9 Å². The standard InChI is InChI=1S/C17H20O6/c1-11-16(23-13(3)19)17(15(10-20-11)22-12(2)18)21-9-14-7-5-4-6-8-14/h4-8,10-11,16-17H,9H2,1-3H3/t11-,16-,17-/m0/s1. The summed E-state index contributed by atoms with van der Waals surface area (Å²) in [6, 6.07) is 9.54. The van der Waals surface area contributed by atoms with E-state index in [4.69, 9.17) is 18.9 Å². The van der Waals surface area contributed by atoms with Crippen LogP contribution >= 0.6 is 0 Å². The average Bonchev–Trinajstić information content (AvgIpc) is 2.50. The second kappa shape index (κ2) is 7.78. The Morgan fingerprint density at radius 3 is 2.43 bits per heavy atom. The van der Waals surface area contributed by atoms with Crippen molar-refractivity contribution in [1.29, 1.82) is 0 Å². The first-order chi connectivity index (χ1) is 11.0. The van der Waals surface area contributed by atoms with Gasteiger partial charge in [-0.2, -0.15) is 0 Å². The van der Waals surface area contributed by atoms with Gasteiger partial charge in [0.2, 0.25) is 0 Å². The maximum Gasteiger partial charge on any atom is 0.307 e. The molecule has 0 bridgehead atoms. The van der Waals surface area contributed by atoms with Gasteiger partial charge in [0, 0.05) is 13.8 Å². The number of esters is 2. The lowest BCUT2D eigenvalue weighted by Crippen LogP contribution is -2.46. The summed E-state index contributed by atoms with van der Waals surface area (Å²) in [6.07, 6.45) is -0.497. The van der Waals surface area contributed by atoms with E-state index in [1.54, 1.807) is 6.92 Å². The molecule has 0 spiro atoms. The van der Waals surface area contributed by atoms with Crippen LogP contribution in [0.3, 0.4) is 0 Å². The molecule has 0 fully saturated rings. The zero-order valence-electron chi connectivity index (χ0n) is 13.4. The van der Waals surface area contributed by atoms with E-state index in [1.807, 2.05) is 30.3 Å². The van der Waals surface area contributed by atoms with E-state index in [1.165, 1.54) is 20.1 Å². The molecule has 124 valence electrons. The number of hydrogen-bond acceptors (Lipinski definition) is 6. The molecule has 3 atom stereocenters. The van der Waals surface area contributed by atoms with E-state index in [0.717, 1.165) is 5.56 Å². The molecule has 0 aromatic heterocycles. The van der Waals surface area contributed by atoms with Gasteiger partial charge in [-0.05, 0) is 12.5 Å². The molecule has 6 heteroatoms. The van der Waals surface area contributed by atoms with Crippen LogP contribution in [0.5, 0.6) is 0 Å². The summed E-state index contributed by atoms with van der Waals surface area (Å²) in [6.45, 7) is 4.64. The Balaban J connectivity index is 2.17. The molecule has 0 unspecified atom stereocenters. The quantitative estimate of drug-likeness (QED) is 0.776. The van der Waals surface area contributed by atoms with Gasteiger partial charge in [-0.3, -0.25) is 9.59 Å². The van der Waals surface area contributed by atoms with Crippen molar-refractivity contribution in [2.45, 2.75) is 45.7 Å². The number of rotatable bonds is 5. The van der Waals surface area contributed by atoms with Crippen molar-refractivity contribution < 1.29 is 28.5 Å². The van der Waals surface area contributed by atoms with Crippen molar-refractivity contribution in [2.75, 3.05) is 0 Å². The van der Waals surface area contributed by atoms with E-state index >= 15 is 0 Å². The van der Waals surface area contributed by atoms with Gasteiger partial charge >= 0.3 is 11.9 Å². The average molecular weight is 320 g/mol. The normalized spacial score (nSPS) is 23.4. The van der Waals surface area contributed by atoms with Gasteiger partial charge in [-0.25, -0.2) is 0 Å². The highest BCUT2D eigenvalue weighted by Gasteiger charge is 2.39. The Kier molecular flexibility index (Phi) is 5.76. The van der Waals surface area contributed by atoms with Crippen LogP contribution in [0, 0.1) is 0 Å². The molecule has 6 nitrogen and oxygen atoms in total. The third-order valence-electron chi connectivity index (χ3n) is 3.28. The maximum absolute atomic E-state index is 11.3. The maximum atomic E-state index is 11.3.